The smallest absolute Gasteiger partial charge is 0.246 e. The molecular formula is C18H22N4O2. The minimum atomic E-state index is -0.411. The van der Waals surface area contributed by atoms with Gasteiger partial charge in [-0.2, -0.15) is 4.98 Å². The van der Waals surface area contributed by atoms with E-state index in [1.54, 1.807) is 4.90 Å². The monoisotopic (exact) mass is 326 g/mol. The number of benzene rings is 1. The SMILES string of the molecule is NC1CCCCN(Cc2nc(-c3ccc4c(c3)CCC4)no2)C1=O. The van der Waals surface area contributed by atoms with Crippen LogP contribution in [-0.2, 0) is 24.2 Å². The predicted molar refractivity (Wildman–Crippen MR) is 89.0 cm³/mol. The molecule has 126 valence electrons. The van der Waals surface area contributed by atoms with Crippen molar-refractivity contribution < 1.29 is 9.32 Å². The zero-order chi connectivity index (χ0) is 16.5. The van der Waals surface area contributed by atoms with Crippen LogP contribution in [0.5, 0.6) is 0 Å². The number of nitrogens with two attached hydrogens (primary N) is 1. The summed E-state index contributed by atoms with van der Waals surface area (Å²) >= 11 is 0. The summed E-state index contributed by atoms with van der Waals surface area (Å²) in [7, 11) is 0. The number of aryl methyl sites for hydroxylation is 2. The summed E-state index contributed by atoms with van der Waals surface area (Å²) in [5.41, 5.74) is 9.69. The second kappa shape index (κ2) is 6.36. The Morgan fingerprint density at radius 3 is 3.00 bits per heavy atom. The Balaban J connectivity index is 1.51. The molecule has 2 heterocycles. The van der Waals surface area contributed by atoms with Crippen LogP contribution in [0.3, 0.4) is 0 Å². The fourth-order valence-corrected chi connectivity index (χ4v) is 3.60. The van der Waals surface area contributed by atoms with Crippen LogP contribution in [0.15, 0.2) is 22.7 Å². The average Bonchev–Trinajstić information content (AvgIpc) is 3.21. The first kappa shape index (κ1) is 15.3. The lowest BCUT2D eigenvalue weighted by molar-refractivity contribution is -0.133. The maximum atomic E-state index is 12.3. The van der Waals surface area contributed by atoms with E-state index in [-0.39, 0.29) is 5.91 Å². The standard InChI is InChI=1S/C18H22N4O2/c19-15-6-1-2-9-22(18(15)23)11-16-20-17(21-24-16)14-8-7-12-4-3-5-13(12)10-14/h7-8,10,15H,1-6,9,11,19H2. The number of rotatable bonds is 3. The summed E-state index contributed by atoms with van der Waals surface area (Å²) in [5.74, 6) is 1.03. The Hall–Kier alpha value is -2.21. The highest BCUT2D eigenvalue weighted by molar-refractivity contribution is 5.81. The van der Waals surface area contributed by atoms with Gasteiger partial charge in [0.15, 0.2) is 0 Å². The molecule has 1 unspecified atom stereocenters. The van der Waals surface area contributed by atoms with Gasteiger partial charge in [0.05, 0.1) is 6.04 Å². The number of hydrogen-bond acceptors (Lipinski definition) is 5. The van der Waals surface area contributed by atoms with Gasteiger partial charge in [0.1, 0.15) is 6.54 Å². The number of amides is 1. The summed E-state index contributed by atoms with van der Waals surface area (Å²) in [6.07, 6.45) is 6.19. The Kier molecular flexibility index (Phi) is 4.06. The van der Waals surface area contributed by atoms with Crippen molar-refractivity contribution in [3.63, 3.8) is 0 Å². The number of carbonyl (C=O) groups is 1. The summed E-state index contributed by atoms with van der Waals surface area (Å²) in [6, 6.07) is 5.95. The summed E-state index contributed by atoms with van der Waals surface area (Å²) in [6.45, 7) is 1.04. The summed E-state index contributed by atoms with van der Waals surface area (Å²) < 4.78 is 5.37. The van der Waals surface area contributed by atoms with E-state index in [9.17, 15) is 4.79 Å². The van der Waals surface area contributed by atoms with Gasteiger partial charge >= 0.3 is 0 Å². The Morgan fingerprint density at radius 2 is 2.08 bits per heavy atom. The van der Waals surface area contributed by atoms with Crippen molar-refractivity contribution in [2.45, 2.75) is 51.1 Å². The van der Waals surface area contributed by atoms with Crippen LogP contribution in [-0.4, -0.2) is 33.5 Å². The number of fused-ring (bicyclic) bond motifs is 1. The van der Waals surface area contributed by atoms with Crippen LogP contribution in [0.2, 0.25) is 0 Å². The zero-order valence-electron chi connectivity index (χ0n) is 13.7. The second-order valence-corrected chi connectivity index (χ2v) is 6.71. The fourth-order valence-electron chi connectivity index (χ4n) is 3.60. The van der Waals surface area contributed by atoms with Crippen LogP contribution in [0, 0.1) is 0 Å². The molecule has 0 bridgehead atoms. The molecule has 1 aromatic heterocycles. The Bertz CT molecular complexity index is 755. The van der Waals surface area contributed by atoms with Gasteiger partial charge in [-0.05, 0) is 55.7 Å². The molecule has 0 radical (unpaired) electrons. The number of nitrogens with zero attached hydrogens (tertiary/aromatic N) is 3. The van der Waals surface area contributed by atoms with Crippen LogP contribution < -0.4 is 5.73 Å². The van der Waals surface area contributed by atoms with E-state index >= 15 is 0 Å². The van der Waals surface area contributed by atoms with Crippen molar-refractivity contribution in [2.24, 2.45) is 5.73 Å². The highest BCUT2D eigenvalue weighted by Gasteiger charge is 2.25. The molecule has 2 aromatic rings. The van der Waals surface area contributed by atoms with Gasteiger partial charge in [0, 0.05) is 12.1 Å². The maximum absolute atomic E-state index is 12.3. The summed E-state index contributed by atoms with van der Waals surface area (Å²) in [4.78, 5) is 18.5. The van der Waals surface area contributed by atoms with Gasteiger partial charge in [0.25, 0.3) is 0 Å². The lowest BCUT2D eigenvalue weighted by Gasteiger charge is -2.20. The van der Waals surface area contributed by atoms with E-state index in [2.05, 4.69) is 22.3 Å². The zero-order valence-corrected chi connectivity index (χ0v) is 13.7. The van der Waals surface area contributed by atoms with Crippen molar-refractivity contribution in [3.8, 4) is 11.4 Å². The molecule has 1 fully saturated rings. The third-order valence-corrected chi connectivity index (χ3v) is 4.97. The first-order valence-electron chi connectivity index (χ1n) is 8.70. The summed E-state index contributed by atoms with van der Waals surface area (Å²) in [5, 5.41) is 4.09. The predicted octanol–water partition coefficient (Wildman–Crippen LogP) is 2.07. The van der Waals surface area contributed by atoms with Gasteiger partial charge in [0.2, 0.25) is 17.6 Å². The van der Waals surface area contributed by atoms with E-state index in [4.69, 9.17) is 10.3 Å². The number of aromatic nitrogens is 2. The third-order valence-electron chi connectivity index (χ3n) is 4.97. The largest absolute Gasteiger partial charge is 0.337 e. The van der Waals surface area contributed by atoms with Crippen molar-refractivity contribution in [3.05, 3.63) is 35.2 Å². The lowest BCUT2D eigenvalue weighted by Crippen LogP contribution is -2.41. The molecule has 6 nitrogen and oxygen atoms in total. The van der Waals surface area contributed by atoms with Crippen molar-refractivity contribution in [1.82, 2.24) is 15.0 Å². The van der Waals surface area contributed by atoms with E-state index < -0.39 is 6.04 Å². The molecule has 1 atom stereocenters. The van der Waals surface area contributed by atoms with E-state index in [0.29, 0.717) is 24.8 Å². The highest BCUT2D eigenvalue weighted by Crippen LogP contribution is 2.27. The molecule has 4 rings (SSSR count). The molecule has 0 spiro atoms. The Morgan fingerprint density at radius 1 is 1.21 bits per heavy atom. The van der Waals surface area contributed by atoms with Gasteiger partial charge in [-0.3, -0.25) is 4.79 Å². The lowest BCUT2D eigenvalue weighted by atomic mass is 10.1. The normalized spacial score (nSPS) is 21.0. The molecule has 1 aliphatic carbocycles. The first-order valence-corrected chi connectivity index (χ1v) is 8.70. The first-order chi connectivity index (χ1) is 11.7. The molecule has 1 amide bonds. The van der Waals surface area contributed by atoms with Crippen LogP contribution in [0.1, 0.15) is 42.7 Å². The van der Waals surface area contributed by atoms with Crippen LogP contribution in [0.4, 0.5) is 0 Å². The molecule has 1 saturated heterocycles. The molecule has 6 heteroatoms. The van der Waals surface area contributed by atoms with Crippen LogP contribution in [0.25, 0.3) is 11.4 Å². The van der Waals surface area contributed by atoms with E-state index in [1.165, 1.54) is 17.5 Å². The molecular weight excluding hydrogens is 304 g/mol. The maximum Gasteiger partial charge on any atom is 0.246 e. The minimum Gasteiger partial charge on any atom is -0.337 e. The van der Waals surface area contributed by atoms with Gasteiger partial charge in [-0.25, -0.2) is 0 Å². The van der Waals surface area contributed by atoms with E-state index in [0.717, 1.165) is 37.7 Å². The third kappa shape index (κ3) is 2.94. The molecule has 24 heavy (non-hydrogen) atoms. The number of likely N-dealkylation sites (tertiary alicyclic amines) is 1. The minimum absolute atomic E-state index is 0.0234. The van der Waals surface area contributed by atoms with Crippen molar-refractivity contribution in [2.75, 3.05) is 6.54 Å². The Labute approximate surface area is 141 Å². The molecule has 0 saturated carbocycles. The topological polar surface area (TPSA) is 85.2 Å². The second-order valence-electron chi connectivity index (χ2n) is 6.71. The fraction of sp³-hybridized carbons (Fsp3) is 0.500. The van der Waals surface area contributed by atoms with Crippen molar-refractivity contribution >= 4 is 5.91 Å². The van der Waals surface area contributed by atoms with Crippen molar-refractivity contribution in [1.29, 1.82) is 0 Å². The highest BCUT2D eigenvalue weighted by atomic mass is 16.5. The molecule has 1 aliphatic heterocycles. The molecule has 1 aromatic carbocycles. The quantitative estimate of drug-likeness (QED) is 0.933. The van der Waals surface area contributed by atoms with Gasteiger partial charge in [-0.15, -0.1) is 0 Å². The number of hydrogen-bond donors (Lipinski definition) is 1. The van der Waals surface area contributed by atoms with Crippen LogP contribution >= 0.6 is 0 Å². The molecule has 2 N–H and O–H groups in total. The number of carbonyl (C=O) groups excluding carboxylic acids is 1. The van der Waals surface area contributed by atoms with Gasteiger partial charge < -0.3 is 15.2 Å². The average molecular weight is 326 g/mol. The van der Waals surface area contributed by atoms with Gasteiger partial charge in [-0.1, -0.05) is 17.3 Å². The molecule has 2 aliphatic rings. The van der Waals surface area contributed by atoms with E-state index in [1.807, 2.05) is 6.07 Å².